The van der Waals surface area contributed by atoms with Crippen molar-refractivity contribution in [2.45, 2.75) is 13.0 Å². The SMILES string of the molecule is COc1cc(C(C)O)c([N+](=O)[O-])cc1[O]. The molecule has 6 nitrogen and oxygen atoms in total. The maximum atomic E-state index is 11.2. The van der Waals surface area contributed by atoms with Gasteiger partial charge in [0.15, 0.2) is 5.75 Å². The molecule has 0 aromatic heterocycles. The minimum atomic E-state index is -1.03. The van der Waals surface area contributed by atoms with E-state index in [1.807, 2.05) is 0 Å². The van der Waals surface area contributed by atoms with Crippen molar-refractivity contribution in [2.24, 2.45) is 0 Å². The third-order valence-corrected chi connectivity index (χ3v) is 1.96. The van der Waals surface area contributed by atoms with Crippen molar-refractivity contribution in [3.05, 3.63) is 27.8 Å². The van der Waals surface area contributed by atoms with Crippen LogP contribution in [0.2, 0.25) is 0 Å². The molecule has 0 saturated carbocycles. The number of benzene rings is 1. The molecule has 0 spiro atoms. The Kier molecular flexibility index (Phi) is 3.11. The quantitative estimate of drug-likeness (QED) is 0.610. The average Bonchev–Trinajstić information content (AvgIpc) is 2.16. The molecule has 1 radical (unpaired) electrons. The van der Waals surface area contributed by atoms with E-state index >= 15 is 0 Å². The van der Waals surface area contributed by atoms with E-state index in [1.54, 1.807) is 0 Å². The fraction of sp³-hybridized carbons (Fsp3) is 0.333. The van der Waals surface area contributed by atoms with Gasteiger partial charge in [0.05, 0.1) is 29.8 Å². The first-order chi connectivity index (χ1) is 6.97. The molecule has 6 heteroatoms. The van der Waals surface area contributed by atoms with Crippen LogP contribution in [0.25, 0.3) is 0 Å². The molecule has 0 bridgehead atoms. The van der Waals surface area contributed by atoms with E-state index in [1.165, 1.54) is 20.1 Å². The number of nitro benzene ring substituents is 1. The van der Waals surface area contributed by atoms with Gasteiger partial charge in [0, 0.05) is 0 Å². The molecule has 1 aromatic rings. The molecule has 1 atom stereocenters. The summed E-state index contributed by atoms with van der Waals surface area (Å²) in [6, 6.07) is 2.03. The maximum absolute atomic E-state index is 11.2. The standard InChI is InChI=1S/C9H10NO5/c1-5(11)6-3-9(15-2)8(12)4-7(6)10(13)14/h3-5,11H,1-2H3. The van der Waals surface area contributed by atoms with E-state index in [0.717, 1.165) is 6.07 Å². The summed E-state index contributed by atoms with van der Waals surface area (Å²) in [7, 11) is 1.29. The van der Waals surface area contributed by atoms with Gasteiger partial charge in [-0.3, -0.25) is 15.2 Å². The van der Waals surface area contributed by atoms with Crippen molar-refractivity contribution < 1.29 is 19.9 Å². The Bertz CT molecular complexity index is 388. The number of hydrogen-bond acceptors (Lipinski definition) is 4. The number of rotatable bonds is 3. The summed E-state index contributed by atoms with van der Waals surface area (Å²) in [5.41, 5.74) is -0.327. The fourth-order valence-corrected chi connectivity index (χ4v) is 1.22. The van der Waals surface area contributed by atoms with Crippen LogP contribution in [0.1, 0.15) is 18.6 Å². The van der Waals surface area contributed by atoms with Crippen LogP contribution in [0.4, 0.5) is 5.69 Å². The van der Waals surface area contributed by atoms with E-state index in [9.17, 15) is 20.3 Å². The fourth-order valence-electron chi connectivity index (χ4n) is 1.22. The third kappa shape index (κ3) is 2.16. The van der Waals surface area contributed by atoms with Crippen LogP contribution in [0.5, 0.6) is 11.5 Å². The molecule has 1 rings (SSSR count). The third-order valence-electron chi connectivity index (χ3n) is 1.96. The van der Waals surface area contributed by atoms with E-state index < -0.39 is 22.5 Å². The van der Waals surface area contributed by atoms with Crippen molar-refractivity contribution in [3.63, 3.8) is 0 Å². The Labute approximate surface area is 85.9 Å². The monoisotopic (exact) mass is 212 g/mol. The Morgan fingerprint density at radius 1 is 1.53 bits per heavy atom. The lowest BCUT2D eigenvalue weighted by molar-refractivity contribution is -0.386. The largest absolute Gasteiger partial charge is 0.493 e. The van der Waals surface area contributed by atoms with Gasteiger partial charge in [-0.05, 0) is 13.0 Å². The number of ether oxygens (including phenoxy) is 1. The Balaban J connectivity index is 3.38. The molecular formula is C9H10NO5. The zero-order valence-electron chi connectivity index (χ0n) is 8.26. The summed E-state index contributed by atoms with van der Waals surface area (Å²) in [6.07, 6.45) is -1.03. The first-order valence-corrected chi connectivity index (χ1v) is 4.18. The average molecular weight is 212 g/mol. The second-order valence-electron chi connectivity index (χ2n) is 2.99. The molecule has 0 aliphatic rings. The maximum Gasteiger partial charge on any atom is 0.279 e. The predicted octanol–water partition coefficient (Wildman–Crippen LogP) is 1.80. The Hall–Kier alpha value is -1.82. The smallest absolute Gasteiger partial charge is 0.279 e. The number of methoxy groups -OCH3 is 1. The summed E-state index contributed by atoms with van der Waals surface area (Å²) in [5, 5.41) is 31.1. The zero-order valence-corrected chi connectivity index (χ0v) is 8.26. The summed E-state index contributed by atoms with van der Waals surface area (Å²) in [4.78, 5) is 9.89. The van der Waals surface area contributed by atoms with Crippen LogP contribution < -0.4 is 4.74 Å². The van der Waals surface area contributed by atoms with Crippen molar-refractivity contribution >= 4 is 5.69 Å². The Morgan fingerprint density at radius 2 is 2.13 bits per heavy atom. The molecule has 1 unspecified atom stereocenters. The predicted molar refractivity (Wildman–Crippen MR) is 50.4 cm³/mol. The van der Waals surface area contributed by atoms with Gasteiger partial charge in [-0.1, -0.05) is 0 Å². The van der Waals surface area contributed by atoms with E-state index in [4.69, 9.17) is 4.74 Å². The second kappa shape index (κ2) is 4.14. The lowest BCUT2D eigenvalue weighted by Crippen LogP contribution is -2.00. The molecule has 1 aromatic carbocycles. The number of nitro groups is 1. The molecule has 1 N–H and O–H groups in total. The van der Waals surface area contributed by atoms with Crippen molar-refractivity contribution in [1.82, 2.24) is 0 Å². The van der Waals surface area contributed by atoms with Gasteiger partial charge >= 0.3 is 0 Å². The summed E-state index contributed by atoms with van der Waals surface area (Å²) in [6.45, 7) is 1.38. The minimum Gasteiger partial charge on any atom is -0.493 e. The first-order valence-electron chi connectivity index (χ1n) is 4.18. The first kappa shape index (κ1) is 11.3. The number of nitrogens with zero attached hydrogens (tertiary/aromatic N) is 1. The highest BCUT2D eigenvalue weighted by Gasteiger charge is 2.22. The molecule has 81 valence electrons. The van der Waals surface area contributed by atoms with Crippen LogP contribution in [-0.2, 0) is 5.11 Å². The van der Waals surface area contributed by atoms with Gasteiger partial charge in [0.25, 0.3) is 5.69 Å². The van der Waals surface area contributed by atoms with Gasteiger partial charge in [-0.15, -0.1) is 0 Å². The second-order valence-corrected chi connectivity index (χ2v) is 2.99. The summed E-state index contributed by atoms with van der Waals surface area (Å²) < 4.78 is 4.72. The highest BCUT2D eigenvalue weighted by molar-refractivity contribution is 5.54. The van der Waals surface area contributed by atoms with E-state index in [0.29, 0.717) is 0 Å². The summed E-state index contributed by atoms with van der Waals surface area (Å²) in [5.74, 6) is -0.592. The summed E-state index contributed by atoms with van der Waals surface area (Å²) >= 11 is 0. The Morgan fingerprint density at radius 3 is 2.53 bits per heavy atom. The van der Waals surface area contributed by atoms with Gasteiger partial charge in [0.2, 0.25) is 5.75 Å². The van der Waals surface area contributed by atoms with Crippen LogP contribution in [-0.4, -0.2) is 17.1 Å². The van der Waals surface area contributed by atoms with Crippen molar-refractivity contribution in [3.8, 4) is 11.5 Å². The van der Waals surface area contributed by atoms with Gasteiger partial charge in [-0.25, -0.2) is 0 Å². The molecule has 0 amide bonds. The molecule has 0 aliphatic heterocycles. The van der Waals surface area contributed by atoms with Crippen molar-refractivity contribution in [1.29, 1.82) is 0 Å². The highest BCUT2D eigenvalue weighted by Crippen LogP contribution is 2.36. The van der Waals surface area contributed by atoms with Gasteiger partial charge < -0.3 is 9.84 Å². The zero-order chi connectivity index (χ0) is 11.6. The number of aliphatic hydroxyl groups is 1. The van der Waals surface area contributed by atoms with Crippen LogP contribution in [0.3, 0.4) is 0 Å². The lowest BCUT2D eigenvalue weighted by atomic mass is 10.1. The number of hydrogen-bond donors (Lipinski definition) is 1. The van der Waals surface area contributed by atoms with Crippen molar-refractivity contribution in [2.75, 3.05) is 7.11 Å². The molecule has 0 aliphatic carbocycles. The highest BCUT2D eigenvalue weighted by atomic mass is 16.6. The lowest BCUT2D eigenvalue weighted by Gasteiger charge is -2.08. The molecule has 0 fully saturated rings. The molecule has 0 saturated heterocycles. The number of aliphatic hydroxyl groups excluding tert-OH is 1. The minimum absolute atomic E-state index is 0.0171. The van der Waals surface area contributed by atoms with E-state index in [2.05, 4.69) is 0 Å². The molecule has 0 heterocycles. The van der Waals surface area contributed by atoms with Crippen LogP contribution >= 0.6 is 0 Å². The van der Waals surface area contributed by atoms with E-state index in [-0.39, 0.29) is 11.3 Å². The van der Waals surface area contributed by atoms with Gasteiger partial charge in [-0.2, -0.15) is 0 Å². The van der Waals surface area contributed by atoms with Crippen LogP contribution in [0, 0.1) is 10.1 Å². The normalized spacial score (nSPS) is 12.2. The van der Waals surface area contributed by atoms with Crippen LogP contribution in [0.15, 0.2) is 12.1 Å². The van der Waals surface area contributed by atoms with Gasteiger partial charge in [0.1, 0.15) is 0 Å². The molecule has 15 heavy (non-hydrogen) atoms. The topological polar surface area (TPSA) is 92.5 Å². The molecular weight excluding hydrogens is 202 g/mol.